The summed E-state index contributed by atoms with van der Waals surface area (Å²) in [7, 11) is 4.98. The molecule has 0 spiro atoms. The van der Waals surface area contributed by atoms with Crippen LogP contribution < -0.4 is 14.2 Å². The van der Waals surface area contributed by atoms with Gasteiger partial charge in [0, 0.05) is 32.6 Å². The number of fused-ring (bicyclic) bond motifs is 1. The van der Waals surface area contributed by atoms with E-state index < -0.39 is 0 Å². The van der Waals surface area contributed by atoms with Crippen LogP contribution in [-0.2, 0) is 6.54 Å². The maximum Gasteiger partial charge on any atom is 0.289 e. The molecule has 0 unspecified atom stereocenters. The molecule has 1 aliphatic rings. The molecular weight excluding hydrogens is 362 g/mol. The predicted octanol–water partition coefficient (Wildman–Crippen LogP) is 2.67. The number of aromatic nitrogens is 2. The lowest BCUT2D eigenvalue weighted by Crippen LogP contribution is -2.20. The minimum absolute atomic E-state index is 0.175. The van der Waals surface area contributed by atoms with E-state index in [1.54, 1.807) is 39.5 Å². The van der Waals surface area contributed by atoms with Crippen LogP contribution in [0.15, 0.2) is 41.1 Å². The van der Waals surface area contributed by atoms with Gasteiger partial charge in [-0.2, -0.15) is 0 Å². The predicted molar refractivity (Wildman–Crippen MR) is 101 cm³/mol. The second-order valence-corrected chi connectivity index (χ2v) is 6.54. The number of imidazole rings is 1. The molecule has 0 N–H and O–H groups in total. The molecule has 28 heavy (non-hydrogen) atoms. The average molecular weight is 383 g/mol. The van der Waals surface area contributed by atoms with Crippen molar-refractivity contribution in [2.45, 2.75) is 6.54 Å². The van der Waals surface area contributed by atoms with Crippen LogP contribution in [0.5, 0.6) is 17.2 Å². The fourth-order valence-corrected chi connectivity index (χ4v) is 3.06. The van der Waals surface area contributed by atoms with Crippen LogP contribution >= 0.6 is 0 Å². The smallest absolute Gasteiger partial charge is 0.289 e. The Kier molecular flexibility index (Phi) is 4.68. The van der Waals surface area contributed by atoms with Crippen molar-refractivity contribution in [1.82, 2.24) is 14.5 Å². The van der Waals surface area contributed by atoms with Gasteiger partial charge in [0.05, 0.1) is 19.2 Å². The molecule has 8 nitrogen and oxygen atoms in total. The number of furan rings is 1. The van der Waals surface area contributed by atoms with Crippen molar-refractivity contribution in [2.24, 2.45) is 0 Å². The summed E-state index contributed by atoms with van der Waals surface area (Å²) in [4.78, 5) is 18.0. The van der Waals surface area contributed by atoms with Crippen LogP contribution in [-0.4, -0.2) is 54.8 Å². The van der Waals surface area contributed by atoms with Gasteiger partial charge in [0.2, 0.25) is 0 Å². The number of carbonyl (C=O) groups is 1. The lowest BCUT2D eigenvalue weighted by molar-refractivity contribution is 0.0794. The van der Waals surface area contributed by atoms with E-state index in [1.807, 2.05) is 22.9 Å². The Morgan fingerprint density at radius 3 is 2.68 bits per heavy atom. The van der Waals surface area contributed by atoms with E-state index in [2.05, 4.69) is 4.98 Å². The number of rotatable bonds is 5. The van der Waals surface area contributed by atoms with Gasteiger partial charge in [-0.1, -0.05) is 0 Å². The van der Waals surface area contributed by atoms with Crippen molar-refractivity contribution in [3.8, 4) is 28.6 Å². The number of amides is 1. The quantitative estimate of drug-likeness (QED) is 0.674. The van der Waals surface area contributed by atoms with E-state index in [0.29, 0.717) is 54.4 Å². The molecule has 1 aliphatic heterocycles. The molecule has 0 radical (unpaired) electrons. The number of benzene rings is 1. The molecule has 1 amide bonds. The number of methoxy groups -OCH3 is 1. The summed E-state index contributed by atoms with van der Waals surface area (Å²) in [5.41, 5.74) is 0.785. The van der Waals surface area contributed by atoms with Crippen LogP contribution in [0.4, 0.5) is 0 Å². The largest absolute Gasteiger partial charge is 0.496 e. The molecule has 2 aromatic heterocycles. The van der Waals surface area contributed by atoms with Crippen LogP contribution in [0.25, 0.3) is 11.4 Å². The topological polar surface area (TPSA) is 79.0 Å². The highest BCUT2D eigenvalue weighted by atomic mass is 16.6. The lowest BCUT2D eigenvalue weighted by Gasteiger charge is -2.20. The van der Waals surface area contributed by atoms with E-state index in [9.17, 15) is 4.79 Å². The standard InChI is InChI=1S/C20H21N3O5/c1-22(2)20(24)15-5-4-13(28-15)12-23-7-6-21-19(23)14-10-17-18(11-16(14)25-3)27-9-8-26-17/h4-7,10-11H,8-9,12H2,1-3H3. The maximum absolute atomic E-state index is 12.0. The first-order chi connectivity index (χ1) is 13.6. The van der Waals surface area contributed by atoms with Crippen molar-refractivity contribution in [1.29, 1.82) is 0 Å². The molecule has 146 valence electrons. The van der Waals surface area contributed by atoms with Gasteiger partial charge in [-0.05, 0) is 18.2 Å². The molecule has 1 aromatic carbocycles. The van der Waals surface area contributed by atoms with Gasteiger partial charge >= 0.3 is 0 Å². The summed E-state index contributed by atoms with van der Waals surface area (Å²) < 4.78 is 24.5. The van der Waals surface area contributed by atoms with E-state index >= 15 is 0 Å². The van der Waals surface area contributed by atoms with Gasteiger partial charge in [-0.25, -0.2) is 4.98 Å². The van der Waals surface area contributed by atoms with Gasteiger partial charge in [0.1, 0.15) is 30.5 Å². The first-order valence-electron chi connectivity index (χ1n) is 8.86. The van der Waals surface area contributed by atoms with E-state index in [0.717, 1.165) is 5.56 Å². The van der Waals surface area contributed by atoms with Gasteiger partial charge in [-0.3, -0.25) is 4.79 Å². The highest BCUT2D eigenvalue weighted by molar-refractivity contribution is 5.91. The molecule has 0 saturated carbocycles. The number of carbonyl (C=O) groups excluding carboxylic acids is 1. The highest BCUT2D eigenvalue weighted by Gasteiger charge is 2.21. The molecule has 0 atom stereocenters. The Hall–Kier alpha value is -3.42. The zero-order valence-electron chi connectivity index (χ0n) is 16.0. The summed E-state index contributed by atoms with van der Waals surface area (Å²) >= 11 is 0. The summed E-state index contributed by atoms with van der Waals surface area (Å²) in [5.74, 6) is 3.44. The average Bonchev–Trinajstić information content (AvgIpc) is 3.36. The van der Waals surface area contributed by atoms with E-state index in [1.165, 1.54) is 4.90 Å². The van der Waals surface area contributed by atoms with Crippen LogP contribution in [0.2, 0.25) is 0 Å². The number of ether oxygens (including phenoxy) is 3. The summed E-state index contributed by atoms with van der Waals surface area (Å²) in [6.07, 6.45) is 3.56. The molecule has 0 aliphatic carbocycles. The van der Waals surface area contributed by atoms with Crippen LogP contribution in [0.1, 0.15) is 16.3 Å². The molecular formula is C20H21N3O5. The third-order valence-electron chi connectivity index (χ3n) is 4.43. The van der Waals surface area contributed by atoms with E-state index in [-0.39, 0.29) is 5.91 Å². The first kappa shape index (κ1) is 18.0. The number of nitrogens with zero attached hydrogens (tertiary/aromatic N) is 3. The monoisotopic (exact) mass is 383 g/mol. The van der Waals surface area contributed by atoms with Crippen molar-refractivity contribution in [3.63, 3.8) is 0 Å². The summed E-state index contributed by atoms with van der Waals surface area (Å²) in [6.45, 7) is 1.44. The Labute approximate surface area is 162 Å². The second-order valence-electron chi connectivity index (χ2n) is 6.54. The van der Waals surface area contributed by atoms with Gasteiger partial charge in [0.25, 0.3) is 5.91 Å². The van der Waals surface area contributed by atoms with E-state index in [4.69, 9.17) is 18.6 Å². The Balaban J connectivity index is 1.66. The zero-order valence-corrected chi connectivity index (χ0v) is 16.0. The third kappa shape index (κ3) is 3.28. The third-order valence-corrected chi connectivity index (χ3v) is 4.43. The lowest BCUT2D eigenvalue weighted by atomic mass is 10.1. The van der Waals surface area contributed by atoms with Crippen molar-refractivity contribution in [3.05, 3.63) is 48.2 Å². The summed E-state index contributed by atoms with van der Waals surface area (Å²) in [6, 6.07) is 7.15. The SMILES string of the molecule is COc1cc2c(cc1-c1nccn1Cc1ccc(C(=O)N(C)C)o1)OCCO2. The Morgan fingerprint density at radius 2 is 1.96 bits per heavy atom. The molecule has 0 fully saturated rings. The van der Waals surface area contributed by atoms with Gasteiger partial charge in [-0.15, -0.1) is 0 Å². The minimum atomic E-state index is -0.175. The first-order valence-corrected chi connectivity index (χ1v) is 8.86. The Morgan fingerprint density at radius 1 is 1.21 bits per heavy atom. The van der Waals surface area contributed by atoms with Crippen molar-refractivity contribution in [2.75, 3.05) is 34.4 Å². The molecule has 4 rings (SSSR count). The van der Waals surface area contributed by atoms with Crippen LogP contribution in [0, 0.1) is 0 Å². The second kappa shape index (κ2) is 7.30. The van der Waals surface area contributed by atoms with Crippen LogP contribution in [0.3, 0.4) is 0 Å². The fourth-order valence-electron chi connectivity index (χ4n) is 3.06. The number of hydrogen-bond donors (Lipinski definition) is 0. The normalized spacial score (nSPS) is 12.7. The maximum atomic E-state index is 12.0. The van der Waals surface area contributed by atoms with Gasteiger partial charge in [0.15, 0.2) is 17.3 Å². The van der Waals surface area contributed by atoms with Gasteiger partial charge < -0.3 is 28.1 Å². The molecule has 0 bridgehead atoms. The highest BCUT2D eigenvalue weighted by Crippen LogP contribution is 2.41. The molecule has 3 heterocycles. The molecule has 8 heteroatoms. The van der Waals surface area contributed by atoms with Crippen molar-refractivity contribution >= 4 is 5.91 Å². The fraction of sp³-hybridized carbons (Fsp3) is 0.300. The zero-order chi connectivity index (χ0) is 19.7. The summed E-state index contributed by atoms with van der Waals surface area (Å²) in [5, 5.41) is 0. The Bertz CT molecular complexity index is 1010. The number of hydrogen-bond acceptors (Lipinski definition) is 6. The van der Waals surface area contributed by atoms with Crippen molar-refractivity contribution < 1.29 is 23.4 Å². The molecule has 3 aromatic rings. The minimum Gasteiger partial charge on any atom is -0.496 e. The molecule has 0 saturated heterocycles.